The third-order valence-electron chi connectivity index (χ3n) is 8.44. The number of hydrogen-bond acceptors (Lipinski definition) is 3. The van der Waals surface area contributed by atoms with Crippen molar-refractivity contribution >= 4 is 32.5 Å². The van der Waals surface area contributed by atoms with Gasteiger partial charge in [0.15, 0.2) is 0 Å². The van der Waals surface area contributed by atoms with Crippen LogP contribution in [-0.4, -0.2) is 14.5 Å². The van der Waals surface area contributed by atoms with Gasteiger partial charge in [0.2, 0.25) is 0 Å². The Balaban J connectivity index is 0.000000220. The molecule has 0 amide bonds. The average Bonchev–Trinajstić information content (AvgIpc) is 3.85. The number of pyridine rings is 1. The predicted molar refractivity (Wildman–Crippen MR) is 213 cm³/mol. The Morgan fingerprint density at radius 1 is 0.712 bits per heavy atom. The Kier molecular flexibility index (Phi) is 8.02. The second kappa shape index (κ2) is 15.8. The average molecular weight is 874 g/mol. The third-order valence-corrected chi connectivity index (χ3v) is 9.33. The molecular weight excluding hydrogens is 831 g/mol. The topological polar surface area (TPSA) is 30.7 Å². The van der Waals surface area contributed by atoms with E-state index >= 15 is 0 Å². The normalized spacial score (nSPS) is 13.8. The Bertz CT molecular complexity index is 2800. The molecule has 0 unspecified atom stereocenters. The van der Waals surface area contributed by atoms with E-state index in [2.05, 4.69) is 75.6 Å². The SMILES string of the molecule is [2H]C([2H])([2H])c1c[c-]c(-c2ccc(C([2H])([2H])[2H])cn2)cc1.[2H]C([2H])(c1ccccc1)c1ccc2s[c-]c(-c3nc4ccccc4n3-c3ccc(-c4ccccc4)cc3)c2c1.[Ir]. The Labute approximate surface area is 333 Å². The van der Waals surface area contributed by atoms with Crippen molar-refractivity contribution in [1.29, 1.82) is 0 Å². The van der Waals surface area contributed by atoms with Crippen molar-refractivity contribution < 1.29 is 31.1 Å². The quantitative estimate of drug-likeness (QED) is 0.156. The van der Waals surface area contributed by atoms with Crippen LogP contribution in [0.4, 0.5) is 0 Å². The summed E-state index contributed by atoms with van der Waals surface area (Å²) in [5, 5.41) is 4.45. The summed E-state index contributed by atoms with van der Waals surface area (Å²) in [6.45, 7) is -4.34. The van der Waals surface area contributed by atoms with Gasteiger partial charge in [-0.25, -0.2) is 0 Å². The summed E-state index contributed by atoms with van der Waals surface area (Å²) in [7, 11) is 0. The predicted octanol–water partition coefficient (Wildman–Crippen LogP) is 12.1. The van der Waals surface area contributed by atoms with Crippen molar-refractivity contribution in [2.24, 2.45) is 0 Å². The van der Waals surface area contributed by atoms with E-state index in [0.717, 1.165) is 43.8 Å². The number of aryl methyl sites for hydroxylation is 2. The zero-order chi connectivity index (χ0) is 41.4. The molecule has 0 aliphatic heterocycles. The van der Waals surface area contributed by atoms with E-state index in [9.17, 15) is 0 Å². The summed E-state index contributed by atoms with van der Waals surface area (Å²) < 4.78 is 64.7. The molecule has 0 aliphatic carbocycles. The second-order valence-corrected chi connectivity index (χ2v) is 12.7. The largest absolute Gasteiger partial charge is 0.333 e. The van der Waals surface area contributed by atoms with Gasteiger partial charge < -0.3 is 9.55 Å². The van der Waals surface area contributed by atoms with Crippen LogP contribution in [0.2, 0.25) is 0 Å². The zero-order valence-corrected chi connectivity index (χ0v) is 30.9. The first-order valence-electron chi connectivity index (χ1n) is 20.4. The first-order chi connectivity index (χ1) is 28.3. The molecule has 0 spiro atoms. The fraction of sp³-hybridized carbons (Fsp3) is 0.0638. The Morgan fingerprint density at radius 2 is 1.44 bits per heavy atom. The molecule has 52 heavy (non-hydrogen) atoms. The van der Waals surface area contributed by atoms with Gasteiger partial charge in [0, 0.05) is 43.0 Å². The van der Waals surface area contributed by atoms with Crippen LogP contribution < -0.4 is 0 Å². The number of nitrogens with zero attached hydrogens (tertiary/aromatic N) is 3. The van der Waals surface area contributed by atoms with Crippen LogP contribution in [0, 0.1) is 25.2 Å². The number of thiophene rings is 1. The summed E-state index contributed by atoms with van der Waals surface area (Å²) in [6, 6.07) is 52.7. The van der Waals surface area contributed by atoms with Crippen molar-refractivity contribution in [3.8, 4) is 39.5 Å². The van der Waals surface area contributed by atoms with Crippen molar-refractivity contribution in [3.05, 3.63) is 198 Å². The molecule has 0 N–H and O–H groups in total. The number of imidazole rings is 1. The number of aromatic nitrogens is 3. The number of rotatable bonds is 6. The molecule has 3 nitrogen and oxygen atoms in total. The molecule has 9 aromatic rings. The molecule has 3 aromatic heterocycles. The zero-order valence-electron chi connectivity index (χ0n) is 35.7. The van der Waals surface area contributed by atoms with E-state index in [-0.39, 0.29) is 31.2 Å². The van der Waals surface area contributed by atoms with E-state index in [1.165, 1.54) is 41.3 Å². The van der Waals surface area contributed by atoms with Gasteiger partial charge in [-0.15, -0.1) is 46.8 Å². The summed E-state index contributed by atoms with van der Waals surface area (Å²) in [4.78, 5) is 9.13. The fourth-order valence-corrected chi connectivity index (χ4v) is 6.75. The Morgan fingerprint density at radius 3 is 2.17 bits per heavy atom. The number of hydrogen-bond donors (Lipinski definition) is 0. The van der Waals surface area contributed by atoms with Crippen LogP contribution >= 0.6 is 11.3 Å². The van der Waals surface area contributed by atoms with Crippen LogP contribution in [0.3, 0.4) is 0 Å². The summed E-state index contributed by atoms with van der Waals surface area (Å²) in [5.74, 6) is 0.798. The number of para-hydroxylation sites is 2. The molecule has 3 heterocycles. The van der Waals surface area contributed by atoms with Crippen molar-refractivity contribution in [1.82, 2.24) is 14.5 Å². The molecular formula is C47H35IrN3S-2. The van der Waals surface area contributed by atoms with Crippen molar-refractivity contribution in [2.45, 2.75) is 20.1 Å². The molecule has 0 aliphatic rings. The minimum absolute atomic E-state index is 0. The van der Waals surface area contributed by atoms with E-state index < -0.39 is 20.1 Å². The smallest absolute Gasteiger partial charge is 0.0774 e. The molecule has 0 saturated heterocycles. The van der Waals surface area contributed by atoms with Gasteiger partial charge in [0.25, 0.3) is 0 Å². The van der Waals surface area contributed by atoms with Crippen LogP contribution in [0.15, 0.2) is 164 Å². The summed E-state index contributed by atoms with van der Waals surface area (Å²) in [6.07, 6.45) is -0.324. The van der Waals surface area contributed by atoms with Gasteiger partial charge in [-0.2, -0.15) is 0 Å². The van der Waals surface area contributed by atoms with Crippen LogP contribution in [0.25, 0.3) is 60.6 Å². The maximum absolute atomic E-state index is 8.91. The molecule has 5 heteroatoms. The van der Waals surface area contributed by atoms with Gasteiger partial charge in [-0.05, 0) is 65.4 Å². The monoisotopic (exact) mass is 874 g/mol. The minimum atomic E-state index is -2.18. The second-order valence-electron chi connectivity index (χ2n) is 11.9. The van der Waals surface area contributed by atoms with Crippen LogP contribution in [-0.2, 0) is 26.5 Å². The molecule has 0 saturated carbocycles. The summed E-state index contributed by atoms with van der Waals surface area (Å²) in [5.41, 5.74) is 8.95. The van der Waals surface area contributed by atoms with E-state index in [1.807, 2.05) is 72.8 Å². The number of benzene rings is 6. The molecule has 6 aromatic carbocycles. The van der Waals surface area contributed by atoms with Crippen molar-refractivity contribution in [2.75, 3.05) is 0 Å². The van der Waals surface area contributed by atoms with Crippen LogP contribution in [0.1, 0.15) is 33.2 Å². The standard InChI is InChI=1S/C34H23N2S.C13H12N.Ir/c1-3-9-24(10-4-1)21-25-15-20-33-29(22-25)30(23-37-33)34-35-31-13-7-8-14-32(31)36(34)28-18-16-27(17-19-28)26-11-5-2-6-12-26;1-10-3-6-12(7-4-10)13-8-5-11(2)9-14-13;/h1-20,22H,21H2;3-6,8-9H,1-2H3;/q2*-1;/i21D2;1D3,2D3;. The van der Waals surface area contributed by atoms with Crippen molar-refractivity contribution in [3.63, 3.8) is 0 Å². The van der Waals surface area contributed by atoms with Gasteiger partial charge in [-0.3, -0.25) is 16.3 Å². The maximum atomic E-state index is 8.91. The molecule has 9 rings (SSSR count). The molecule has 255 valence electrons. The van der Waals surface area contributed by atoms with Gasteiger partial charge in [-0.1, -0.05) is 137 Å². The Hall–Kier alpha value is -5.45. The summed E-state index contributed by atoms with van der Waals surface area (Å²) >= 11 is 1.54. The van der Waals surface area contributed by atoms with E-state index in [1.54, 1.807) is 12.1 Å². The van der Waals surface area contributed by atoms with E-state index in [0.29, 0.717) is 22.4 Å². The van der Waals surface area contributed by atoms with E-state index in [4.69, 9.17) is 16.0 Å². The van der Waals surface area contributed by atoms with Crippen LogP contribution in [0.5, 0.6) is 0 Å². The fourth-order valence-electron chi connectivity index (χ4n) is 5.93. The third kappa shape index (κ3) is 7.58. The molecule has 0 bridgehead atoms. The molecule has 0 atom stereocenters. The maximum Gasteiger partial charge on any atom is 0.0774 e. The van der Waals surface area contributed by atoms with Gasteiger partial charge in [0.1, 0.15) is 0 Å². The molecule has 0 fully saturated rings. The van der Waals surface area contributed by atoms with Gasteiger partial charge >= 0.3 is 0 Å². The van der Waals surface area contributed by atoms with Gasteiger partial charge in [0.05, 0.1) is 16.9 Å². The molecule has 1 radical (unpaired) electrons. The first-order valence-corrected chi connectivity index (χ1v) is 17.2. The number of fused-ring (bicyclic) bond motifs is 2. The first kappa shape index (κ1) is 26.3. The minimum Gasteiger partial charge on any atom is -0.333 e.